The third kappa shape index (κ3) is 2.24. The van der Waals surface area contributed by atoms with Crippen molar-refractivity contribution in [3.8, 4) is 0 Å². The highest BCUT2D eigenvalue weighted by molar-refractivity contribution is 6.31. The fourth-order valence-corrected chi connectivity index (χ4v) is 1.04. The highest BCUT2D eigenvalue weighted by Gasteiger charge is 1.98. The van der Waals surface area contributed by atoms with E-state index < -0.39 is 0 Å². The molecule has 0 spiro atoms. The SMILES string of the molecule is CC(=O)Nc1ccc(Cl)c(C)c1. The first-order valence-electron chi connectivity index (χ1n) is 3.63. The molecule has 1 N–H and O–H groups in total. The lowest BCUT2D eigenvalue weighted by molar-refractivity contribution is -0.114. The monoisotopic (exact) mass is 183 g/mol. The van der Waals surface area contributed by atoms with Gasteiger partial charge in [0.25, 0.3) is 0 Å². The number of hydrogen-bond donors (Lipinski definition) is 1. The van der Waals surface area contributed by atoms with Crippen LogP contribution in [0.15, 0.2) is 18.2 Å². The number of hydrogen-bond acceptors (Lipinski definition) is 1. The van der Waals surface area contributed by atoms with Crippen molar-refractivity contribution in [3.05, 3.63) is 28.8 Å². The molecule has 0 aliphatic heterocycles. The number of benzene rings is 1. The zero-order valence-electron chi connectivity index (χ0n) is 7.02. The predicted octanol–water partition coefficient (Wildman–Crippen LogP) is 2.61. The minimum atomic E-state index is -0.0725. The van der Waals surface area contributed by atoms with Crippen molar-refractivity contribution in [1.29, 1.82) is 0 Å². The van der Waals surface area contributed by atoms with Crippen LogP contribution >= 0.6 is 11.6 Å². The van der Waals surface area contributed by atoms with Gasteiger partial charge in [-0.15, -0.1) is 0 Å². The summed E-state index contributed by atoms with van der Waals surface area (Å²) in [6.45, 7) is 3.37. The molecule has 1 rings (SSSR count). The Morgan fingerprint density at radius 1 is 1.50 bits per heavy atom. The molecule has 0 unspecified atom stereocenters. The van der Waals surface area contributed by atoms with Gasteiger partial charge in [-0.25, -0.2) is 0 Å². The topological polar surface area (TPSA) is 29.1 Å². The molecule has 0 saturated heterocycles. The lowest BCUT2D eigenvalue weighted by Crippen LogP contribution is -2.05. The molecule has 0 aliphatic carbocycles. The molecule has 1 aromatic rings. The molecule has 1 amide bonds. The minimum Gasteiger partial charge on any atom is -0.326 e. The normalized spacial score (nSPS) is 9.58. The first kappa shape index (κ1) is 9.07. The van der Waals surface area contributed by atoms with Crippen molar-refractivity contribution in [2.75, 3.05) is 5.32 Å². The van der Waals surface area contributed by atoms with Crippen molar-refractivity contribution in [2.45, 2.75) is 13.8 Å². The standard InChI is InChI=1S/C9H10ClNO/c1-6-5-8(11-7(2)12)3-4-9(6)10/h3-5H,1-2H3,(H,11,12). The van der Waals surface area contributed by atoms with Crippen molar-refractivity contribution in [3.63, 3.8) is 0 Å². The summed E-state index contributed by atoms with van der Waals surface area (Å²) in [5, 5.41) is 3.39. The van der Waals surface area contributed by atoms with Crippen molar-refractivity contribution < 1.29 is 4.79 Å². The molecule has 0 saturated carbocycles. The molecule has 0 heterocycles. The molecule has 2 nitrogen and oxygen atoms in total. The third-order valence-electron chi connectivity index (χ3n) is 1.48. The molecule has 12 heavy (non-hydrogen) atoms. The predicted molar refractivity (Wildman–Crippen MR) is 50.5 cm³/mol. The van der Waals surface area contributed by atoms with Gasteiger partial charge >= 0.3 is 0 Å². The van der Waals surface area contributed by atoms with Gasteiger partial charge in [0, 0.05) is 17.6 Å². The van der Waals surface area contributed by atoms with E-state index in [4.69, 9.17) is 11.6 Å². The Hall–Kier alpha value is -1.02. The first-order chi connectivity index (χ1) is 5.59. The number of amides is 1. The number of anilines is 1. The third-order valence-corrected chi connectivity index (χ3v) is 1.90. The molecule has 0 radical (unpaired) electrons. The van der Waals surface area contributed by atoms with Crippen LogP contribution in [0.2, 0.25) is 5.02 Å². The average molecular weight is 184 g/mol. The van der Waals surface area contributed by atoms with E-state index in [2.05, 4.69) is 5.32 Å². The lowest BCUT2D eigenvalue weighted by atomic mass is 10.2. The minimum absolute atomic E-state index is 0.0725. The smallest absolute Gasteiger partial charge is 0.221 e. The summed E-state index contributed by atoms with van der Waals surface area (Å²) in [6, 6.07) is 5.38. The van der Waals surface area contributed by atoms with Gasteiger partial charge in [-0.05, 0) is 30.7 Å². The average Bonchev–Trinajstić information content (AvgIpc) is 1.96. The summed E-state index contributed by atoms with van der Waals surface area (Å²) in [5.74, 6) is -0.0725. The Kier molecular flexibility index (Phi) is 2.71. The molecule has 0 aliphatic rings. The van der Waals surface area contributed by atoms with Gasteiger partial charge in [0.2, 0.25) is 5.91 Å². The molecule has 0 atom stereocenters. The second-order valence-corrected chi connectivity index (χ2v) is 3.05. The summed E-state index contributed by atoms with van der Waals surface area (Å²) in [7, 11) is 0. The van der Waals surface area contributed by atoms with Crippen LogP contribution in [-0.2, 0) is 4.79 Å². The number of carbonyl (C=O) groups is 1. The Balaban J connectivity index is 2.89. The van der Waals surface area contributed by atoms with Crippen molar-refractivity contribution in [2.24, 2.45) is 0 Å². The van der Waals surface area contributed by atoms with E-state index in [1.54, 1.807) is 12.1 Å². The Morgan fingerprint density at radius 3 is 2.67 bits per heavy atom. The van der Waals surface area contributed by atoms with E-state index in [0.29, 0.717) is 5.02 Å². The number of rotatable bonds is 1. The number of aryl methyl sites for hydroxylation is 1. The summed E-state index contributed by atoms with van der Waals surface area (Å²) < 4.78 is 0. The van der Waals surface area contributed by atoms with Gasteiger partial charge < -0.3 is 5.32 Å². The number of halogens is 1. The van der Waals surface area contributed by atoms with E-state index in [1.165, 1.54) is 6.92 Å². The second kappa shape index (κ2) is 3.59. The fourth-order valence-electron chi connectivity index (χ4n) is 0.926. The second-order valence-electron chi connectivity index (χ2n) is 2.65. The highest BCUT2D eigenvalue weighted by Crippen LogP contribution is 2.18. The molecule has 64 valence electrons. The molecular weight excluding hydrogens is 174 g/mol. The van der Waals surface area contributed by atoms with Crippen LogP contribution < -0.4 is 5.32 Å². The molecule has 0 aromatic heterocycles. The largest absolute Gasteiger partial charge is 0.326 e. The molecule has 0 fully saturated rings. The van der Waals surface area contributed by atoms with Crippen LogP contribution in [0.25, 0.3) is 0 Å². The fraction of sp³-hybridized carbons (Fsp3) is 0.222. The van der Waals surface area contributed by atoms with E-state index in [9.17, 15) is 4.79 Å². The van der Waals surface area contributed by atoms with E-state index in [0.717, 1.165) is 11.3 Å². The molecule has 0 bridgehead atoms. The van der Waals surface area contributed by atoms with Crippen LogP contribution in [0.4, 0.5) is 5.69 Å². The van der Waals surface area contributed by atoms with Crippen molar-refractivity contribution >= 4 is 23.2 Å². The molecular formula is C9H10ClNO. The Morgan fingerprint density at radius 2 is 2.17 bits per heavy atom. The van der Waals surface area contributed by atoms with Crippen LogP contribution in [0.3, 0.4) is 0 Å². The van der Waals surface area contributed by atoms with Gasteiger partial charge in [0.05, 0.1) is 0 Å². The van der Waals surface area contributed by atoms with Crippen molar-refractivity contribution in [1.82, 2.24) is 0 Å². The molecule has 1 aromatic carbocycles. The molecule has 3 heteroatoms. The maximum Gasteiger partial charge on any atom is 0.221 e. The Labute approximate surface area is 76.5 Å². The van der Waals surface area contributed by atoms with Crippen LogP contribution in [0.5, 0.6) is 0 Å². The first-order valence-corrected chi connectivity index (χ1v) is 4.01. The van der Waals surface area contributed by atoms with E-state index in [-0.39, 0.29) is 5.91 Å². The summed E-state index contributed by atoms with van der Waals surface area (Å²) in [4.78, 5) is 10.7. The van der Waals surface area contributed by atoms with Crippen LogP contribution in [0.1, 0.15) is 12.5 Å². The summed E-state index contributed by atoms with van der Waals surface area (Å²) in [6.07, 6.45) is 0. The van der Waals surface area contributed by atoms with Crippen LogP contribution in [-0.4, -0.2) is 5.91 Å². The zero-order chi connectivity index (χ0) is 9.14. The van der Waals surface area contributed by atoms with Gasteiger partial charge in [-0.2, -0.15) is 0 Å². The quantitative estimate of drug-likeness (QED) is 0.713. The lowest BCUT2D eigenvalue weighted by Gasteiger charge is -2.03. The van der Waals surface area contributed by atoms with Crippen LogP contribution in [0, 0.1) is 6.92 Å². The number of carbonyl (C=O) groups excluding carboxylic acids is 1. The van der Waals surface area contributed by atoms with Gasteiger partial charge in [-0.3, -0.25) is 4.79 Å². The van der Waals surface area contributed by atoms with Gasteiger partial charge in [-0.1, -0.05) is 11.6 Å². The van der Waals surface area contributed by atoms with E-state index in [1.807, 2.05) is 13.0 Å². The van der Waals surface area contributed by atoms with E-state index >= 15 is 0 Å². The highest BCUT2D eigenvalue weighted by atomic mass is 35.5. The number of nitrogens with one attached hydrogen (secondary N) is 1. The van der Waals surface area contributed by atoms with Gasteiger partial charge in [0.1, 0.15) is 0 Å². The zero-order valence-corrected chi connectivity index (χ0v) is 7.77. The maximum absolute atomic E-state index is 10.7. The summed E-state index contributed by atoms with van der Waals surface area (Å²) >= 11 is 5.80. The van der Waals surface area contributed by atoms with Gasteiger partial charge in [0.15, 0.2) is 0 Å². The maximum atomic E-state index is 10.7. The Bertz CT molecular complexity index is 309. The summed E-state index contributed by atoms with van der Waals surface area (Å²) in [5.41, 5.74) is 1.74.